The van der Waals surface area contributed by atoms with E-state index in [0.717, 1.165) is 6.42 Å². The van der Waals surface area contributed by atoms with Gasteiger partial charge in [-0.1, -0.05) is 0 Å². The third-order valence-corrected chi connectivity index (χ3v) is 1.83. The first-order valence-electron chi connectivity index (χ1n) is 4.49. The molecule has 0 saturated heterocycles. The summed E-state index contributed by atoms with van der Waals surface area (Å²) < 4.78 is 0. The van der Waals surface area contributed by atoms with Crippen LogP contribution >= 0.6 is 0 Å². The molecule has 1 aromatic heterocycles. The molecule has 78 valence electrons. The highest BCUT2D eigenvalue weighted by atomic mass is 16.2. The molecule has 0 radical (unpaired) electrons. The maximum Gasteiger partial charge on any atom is 0.293 e. The van der Waals surface area contributed by atoms with Crippen molar-refractivity contribution in [1.82, 2.24) is 20.1 Å². The van der Waals surface area contributed by atoms with E-state index in [-0.39, 0.29) is 11.7 Å². The van der Waals surface area contributed by atoms with Crippen LogP contribution in [0.1, 0.15) is 22.9 Å². The molecule has 14 heavy (non-hydrogen) atoms. The first kappa shape index (κ1) is 10.6. The summed E-state index contributed by atoms with van der Waals surface area (Å²) in [5.74, 6) is 0.672. The van der Waals surface area contributed by atoms with Crippen LogP contribution in [0, 0.1) is 6.92 Å². The Balaban J connectivity index is 2.56. The minimum Gasteiger partial charge on any atom is -0.339 e. The minimum absolute atomic E-state index is 0.178. The lowest BCUT2D eigenvalue weighted by atomic mass is 10.4. The molecule has 0 unspecified atom stereocenters. The molecule has 6 nitrogen and oxygen atoms in total. The monoisotopic (exact) mass is 197 g/mol. The number of nitrogens with one attached hydrogen (secondary N) is 1. The highest BCUT2D eigenvalue weighted by Crippen LogP contribution is 1.97. The number of aromatic nitrogens is 3. The highest BCUT2D eigenvalue weighted by Gasteiger charge is 2.15. The van der Waals surface area contributed by atoms with Crippen molar-refractivity contribution in [2.75, 3.05) is 20.1 Å². The fourth-order valence-corrected chi connectivity index (χ4v) is 1.04. The molecule has 0 spiro atoms. The smallest absolute Gasteiger partial charge is 0.293 e. The Morgan fingerprint density at radius 3 is 2.86 bits per heavy atom. The number of rotatable bonds is 4. The molecule has 1 aromatic rings. The topological polar surface area (TPSA) is 87.9 Å². The molecule has 1 rings (SSSR count). The van der Waals surface area contributed by atoms with Gasteiger partial charge in [0.15, 0.2) is 0 Å². The van der Waals surface area contributed by atoms with Gasteiger partial charge in [0, 0.05) is 13.6 Å². The summed E-state index contributed by atoms with van der Waals surface area (Å²) in [5.41, 5.74) is 5.34. The van der Waals surface area contributed by atoms with Crippen molar-refractivity contribution in [3.63, 3.8) is 0 Å². The van der Waals surface area contributed by atoms with E-state index >= 15 is 0 Å². The van der Waals surface area contributed by atoms with Gasteiger partial charge in [-0.3, -0.25) is 9.89 Å². The van der Waals surface area contributed by atoms with Gasteiger partial charge in [0.25, 0.3) is 5.91 Å². The minimum atomic E-state index is -0.178. The van der Waals surface area contributed by atoms with E-state index in [1.807, 2.05) is 0 Å². The first-order valence-corrected chi connectivity index (χ1v) is 4.49. The summed E-state index contributed by atoms with van der Waals surface area (Å²) in [6.45, 7) is 2.96. The molecule has 6 heteroatoms. The molecule has 1 amide bonds. The maximum atomic E-state index is 11.6. The largest absolute Gasteiger partial charge is 0.339 e. The van der Waals surface area contributed by atoms with Crippen molar-refractivity contribution in [3.8, 4) is 0 Å². The number of carbonyl (C=O) groups excluding carboxylic acids is 1. The maximum absolute atomic E-state index is 11.6. The summed E-state index contributed by atoms with van der Waals surface area (Å²) in [6.07, 6.45) is 0.783. The van der Waals surface area contributed by atoms with Gasteiger partial charge < -0.3 is 10.6 Å². The molecule has 0 saturated carbocycles. The van der Waals surface area contributed by atoms with E-state index in [9.17, 15) is 4.79 Å². The Hall–Kier alpha value is -1.43. The Labute approximate surface area is 82.5 Å². The quantitative estimate of drug-likeness (QED) is 0.683. The highest BCUT2D eigenvalue weighted by molar-refractivity contribution is 5.90. The Kier molecular flexibility index (Phi) is 3.58. The van der Waals surface area contributed by atoms with E-state index in [4.69, 9.17) is 5.73 Å². The standard InChI is InChI=1S/C8H15N5O/c1-6-10-7(12-11-6)8(14)13(2)5-3-4-9/h3-5,9H2,1-2H3,(H,10,11,12). The zero-order valence-corrected chi connectivity index (χ0v) is 8.45. The van der Waals surface area contributed by atoms with E-state index in [1.54, 1.807) is 18.9 Å². The molecule has 0 fully saturated rings. The van der Waals surface area contributed by atoms with E-state index in [1.165, 1.54) is 0 Å². The normalized spacial score (nSPS) is 10.2. The van der Waals surface area contributed by atoms with Gasteiger partial charge in [-0.05, 0) is 19.9 Å². The van der Waals surface area contributed by atoms with Crippen LogP contribution in [0.15, 0.2) is 0 Å². The van der Waals surface area contributed by atoms with Crippen LogP contribution in [-0.2, 0) is 0 Å². The Morgan fingerprint density at radius 2 is 2.36 bits per heavy atom. The lowest BCUT2D eigenvalue weighted by Gasteiger charge is -2.13. The van der Waals surface area contributed by atoms with Crippen molar-refractivity contribution in [3.05, 3.63) is 11.6 Å². The van der Waals surface area contributed by atoms with Crippen molar-refractivity contribution in [2.45, 2.75) is 13.3 Å². The van der Waals surface area contributed by atoms with Crippen LogP contribution in [0.25, 0.3) is 0 Å². The molecule has 0 aliphatic carbocycles. The molecule has 0 atom stereocenters. The van der Waals surface area contributed by atoms with Gasteiger partial charge in [0.05, 0.1) is 0 Å². The summed E-state index contributed by atoms with van der Waals surface area (Å²) >= 11 is 0. The molecule has 0 aliphatic heterocycles. The van der Waals surface area contributed by atoms with Crippen LogP contribution in [0.2, 0.25) is 0 Å². The van der Waals surface area contributed by atoms with Gasteiger partial charge in [0.2, 0.25) is 5.82 Å². The molecule has 0 bridgehead atoms. The lowest BCUT2D eigenvalue weighted by Crippen LogP contribution is -2.29. The zero-order valence-electron chi connectivity index (χ0n) is 8.45. The summed E-state index contributed by atoms with van der Waals surface area (Å²) in [7, 11) is 1.71. The average molecular weight is 197 g/mol. The molecule has 0 aliphatic rings. The fourth-order valence-electron chi connectivity index (χ4n) is 1.04. The first-order chi connectivity index (χ1) is 6.65. The number of nitrogens with two attached hydrogens (primary N) is 1. The second-order valence-electron chi connectivity index (χ2n) is 3.11. The van der Waals surface area contributed by atoms with Crippen LogP contribution in [-0.4, -0.2) is 46.1 Å². The summed E-state index contributed by atoms with van der Waals surface area (Å²) in [6, 6.07) is 0. The molecular weight excluding hydrogens is 182 g/mol. The number of H-pyrrole nitrogens is 1. The van der Waals surface area contributed by atoms with Gasteiger partial charge >= 0.3 is 0 Å². The van der Waals surface area contributed by atoms with Crippen molar-refractivity contribution < 1.29 is 4.79 Å². The summed E-state index contributed by atoms with van der Waals surface area (Å²) in [5, 5.41) is 6.41. The van der Waals surface area contributed by atoms with E-state index in [2.05, 4.69) is 15.2 Å². The molecule has 1 heterocycles. The summed E-state index contributed by atoms with van der Waals surface area (Å²) in [4.78, 5) is 17.1. The zero-order chi connectivity index (χ0) is 10.6. The van der Waals surface area contributed by atoms with Gasteiger partial charge in [-0.2, -0.15) is 0 Å². The second-order valence-corrected chi connectivity index (χ2v) is 3.11. The van der Waals surface area contributed by atoms with Crippen LogP contribution < -0.4 is 5.73 Å². The van der Waals surface area contributed by atoms with Gasteiger partial charge in [0.1, 0.15) is 5.82 Å². The number of aromatic amines is 1. The van der Waals surface area contributed by atoms with Crippen molar-refractivity contribution >= 4 is 5.91 Å². The number of carbonyl (C=O) groups is 1. The van der Waals surface area contributed by atoms with Crippen molar-refractivity contribution in [1.29, 1.82) is 0 Å². The lowest BCUT2D eigenvalue weighted by molar-refractivity contribution is 0.0783. The predicted molar refractivity (Wildman–Crippen MR) is 51.8 cm³/mol. The third kappa shape index (κ3) is 2.53. The van der Waals surface area contributed by atoms with Crippen LogP contribution in [0.4, 0.5) is 0 Å². The fraction of sp³-hybridized carbons (Fsp3) is 0.625. The number of nitrogens with zero attached hydrogens (tertiary/aromatic N) is 3. The Bertz CT molecular complexity index is 308. The van der Waals surface area contributed by atoms with Crippen LogP contribution in [0.5, 0.6) is 0 Å². The number of amides is 1. The van der Waals surface area contributed by atoms with Gasteiger partial charge in [-0.15, -0.1) is 5.10 Å². The Morgan fingerprint density at radius 1 is 1.64 bits per heavy atom. The second kappa shape index (κ2) is 4.71. The van der Waals surface area contributed by atoms with Crippen LogP contribution in [0.3, 0.4) is 0 Å². The SMILES string of the molecule is Cc1nc(C(=O)N(C)CCCN)n[nH]1. The van der Waals surface area contributed by atoms with Gasteiger partial charge in [-0.25, -0.2) is 4.98 Å². The molecule has 3 N–H and O–H groups in total. The molecular formula is C8H15N5O. The number of hydrogen-bond donors (Lipinski definition) is 2. The average Bonchev–Trinajstić information content (AvgIpc) is 2.60. The predicted octanol–water partition coefficient (Wildman–Crippen LogP) is -0.466. The third-order valence-electron chi connectivity index (χ3n) is 1.83. The number of hydrogen-bond acceptors (Lipinski definition) is 4. The van der Waals surface area contributed by atoms with Crippen molar-refractivity contribution in [2.24, 2.45) is 5.73 Å². The van der Waals surface area contributed by atoms with E-state index < -0.39 is 0 Å². The van der Waals surface area contributed by atoms with E-state index in [0.29, 0.717) is 18.9 Å². The molecule has 0 aromatic carbocycles. The number of aryl methyl sites for hydroxylation is 1.